The van der Waals surface area contributed by atoms with Gasteiger partial charge < -0.3 is 36.4 Å². The van der Waals surface area contributed by atoms with Crippen molar-refractivity contribution in [1.29, 1.82) is 0 Å². The topological polar surface area (TPSA) is 194 Å². The molecule has 2 aromatic carbocycles. The van der Waals surface area contributed by atoms with Gasteiger partial charge in [0.1, 0.15) is 17.8 Å². The summed E-state index contributed by atoms with van der Waals surface area (Å²) in [7, 11) is 0. The molecule has 4 bridgehead atoms. The second kappa shape index (κ2) is 17.7. The Morgan fingerprint density at radius 2 is 1.88 bits per heavy atom. The van der Waals surface area contributed by atoms with Gasteiger partial charge in [-0.1, -0.05) is 42.8 Å². The first-order chi connectivity index (χ1) is 23.4. The van der Waals surface area contributed by atoms with Crippen molar-refractivity contribution in [2.75, 3.05) is 26.2 Å². The van der Waals surface area contributed by atoms with Crippen molar-refractivity contribution in [1.82, 2.24) is 35.8 Å². The molecule has 2 aliphatic rings. The van der Waals surface area contributed by atoms with Crippen LogP contribution in [0, 0.1) is 5.92 Å². The lowest BCUT2D eigenvalue weighted by molar-refractivity contribution is -0.131. The molecule has 15 heteroatoms. The normalized spacial score (nSPS) is 19.3. The van der Waals surface area contributed by atoms with Crippen molar-refractivity contribution >= 4 is 35.2 Å². The Balaban J connectivity index is 1.59. The molecule has 6 N–H and O–H groups in total. The first kappa shape index (κ1) is 37.3. The lowest BCUT2D eigenvalue weighted by atomic mass is 10.0. The average Bonchev–Trinajstić information content (AvgIpc) is 3.53. The van der Waals surface area contributed by atoms with E-state index in [-0.39, 0.29) is 42.0 Å². The van der Waals surface area contributed by atoms with Crippen molar-refractivity contribution in [3.63, 3.8) is 0 Å². The van der Waals surface area contributed by atoms with E-state index in [4.69, 9.17) is 22.1 Å². The van der Waals surface area contributed by atoms with Crippen molar-refractivity contribution in [2.24, 2.45) is 11.7 Å². The molecule has 4 amide bonds. The van der Waals surface area contributed by atoms with Crippen molar-refractivity contribution < 1.29 is 29.0 Å². The van der Waals surface area contributed by atoms with Crippen LogP contribution in [-0.4, -0.2) is 93.1 Å². The lowest BCUT2D eigenvalue weighted by Gasteiger charge is -2.26. The van der Waals surface area contributed by atoms with Crippen LogP contribution in [0.1, 0.15) is 65.6 Å². The number of rotatable bonds is 5. The second-order valence-electron chi connectivity index (χ2n) is 12.4. The van der Waals surface area contributed by atoms with Crippen molar-refractivity contribution in [3.05, 3.63) is 76.1 Å². The molecule has 3 aromatic rings. The standard InChI is InChI=1S/C34H45ClN8O6/c1-21(2)16-28-32(46)37-11-14-42(34(48)25-7-4-6-23(17-25)19-36)13-10-26-20-43(41-40-26)12-5-15-49-29-9-8-24(18-27(29)35)31(45)39-30(22(3)44)33(47)38-28/h4,6-9,17-18,20-22,28,30,44H,5,10-16,19,36H2,1-3H3,(H,37,46)(H,38,47)(H,39,45)/t22-,28-,30+/m1/s1. The van der Waals surface area contributed by atoms with Gasteiger partial charge in [0.2, 0.25) is 11.8 Å². The Morgan fingerprint density at radius 3 is 2.59 bits per heavy atom. The number of benzene rings is 2. The van der Waals surface area contributed by atoms with Gasteiger partial charge in [0.25, 0.3) is 11.8 Å². The molecule has 0 saturated heterocycles. The number of carbonyl (C=O) groups excluding carboxylic acids is 4. The van der Waals surface area contributed by atoms with Gasteiger partial charge in [-0.25, -0.2) is 0 Å². The molecule has 0 fully saturated rings. The van der Waals surface area contributed by atoms with Gasteiger partial charge >= 0.3 is 0 Å². The molecule has 5 rings (SSSR count). The van der Waals surface area contributed by atoms with Gasteiger partial charge in [0, 0.05) is 62.9 Å². The third-order valence-electron chi connectivity index (χ3n) is 7.98. The number of hydrogen-bond acceptors (Lipinski definition) is 9. The highest BCUT2D eigenvalue weighted by atomic mass is 35.5. The summed E-state index contributed by atoms with van der Waals surface area (Å²) in [5, 5.41) is 27.2. The summed E-state index contributed by atoms with van der Waals surface area (Å²) in [5.74, 6) is -1.67. The van der Waals surface area contributed by atoms with Crippen LogP contribution >= 0.6 is 11.6 Å². The first-order valence-corrected chi connectivity index (χ1v) is 16.8. The minimum Gasteiger partial charge on any atom is -0.492 e. The Labute approximate surface area is 290 Å². The molecular weight excluding hydrogens is 652 g/mol. The summed E-state index contributed by atoms with van der Waals surface area (Å²) in [6, 6.07) is 9.25. The Kier molecular flexibility index (Phi) is 13.5. The van der Waals surface area contributed by atoms with E-state index in [9.17, 15) is 24.3 Å². The maximum atomic E-state index is 13.7. The largest absolute Gasteiger partial charge is 0.492 e. The van der Waals surface area contributed by atoms with Crippen LogP contribution < -0.4 is 26.4 Å². The maximum absolute atomic E-state index is 13.7. The predicted molar refractivity (Wildman–Crippen MR) is 183 cm³/mol. The summed E-state index contributed by atoms with van der Waals surface area (Å²) < 4.78 is 7.52. The van der Waals surface area contributed by atoms with E-state index in [1.807, 2.05) is 26.1 Å². The fraction of sp³-hybridized carbons (Fsp3) is 0.471. The van der Waals surface area contributed by atoms with Crippen LogP contribution in [0.15, 0.2) is 48.7 Å². The number of aliphatic hydroxyl groups excluding tert-OH is 1. The molecular formula is C34H45ClN8O6. The van der Waals surface area contributed by atoms with E-state index >= 15 is 0 Å². The van der Waals surface area contributed by atoms with Gasteiger partial charge in [-0.15, -0.1) is 5.10 Å². The quantitative estimate of drug-likeness (QED) is 0.247. The zero-order valence-electron chi connectivity index (χ0n) is 28.0. The molecule has 0 aliphatic carbocycles. The van der Waals surface area contributed by atoms with E-state index < -0.39 is 35.9 Å². The fourth-order valence-electron chi connectivity index (χ4n) is 5.34. The zero-order chi connectivity index (χ0) is 35.5. The number of fused-ring (bicyclic) bond motifs is 17. The Hall–Kier alpha value is -4.53. The number of hydrogen-bond donors (Lipinski definition) is 5. The van der Waals surface area contributed by atoms with Crippen LogP contribution in [0.5, 0.6) is 5.75 Å². The summed E-state index contributed by atoms with van der Waals surface area (Å²) in [4.78, 5) is 55.2. The highest BCUT2D eigenvalue weighted by Gasteiger charge is 2.31. The number of carbonyl (C=O) groups is 4. The van der Waals surface area contributed by atoms with Crippen LogP contribution in [-0.2, 0) is 29.1 Å². The van der Waals surface area contributed by atoms with E-state index in [1.165, 1.54) is 19.1 Å². The van der Waals surface area contributed by atoms with Gasteiger partial charge in [-0.2, -0.15) is 0 Å². The zero-order valence-corrected chi connectivity index (χ0v) is 28.8. The third kappa shape index (κ3) is 10.7. The molecule has 3 atom stereocenters. The first-order valence-electron chi connectivity index (χ1n) is 16.4. The van der Waals surface area contributed by atoms with Crippen molar-refractivity contribution in [2.45, 2.75) is 71.3 Å². The number of nitrogens with two attached hydrogens (primary N) is 1. The van der Waals surface area contributed by atoms with Gasteiger partial charge in [-0.3, -0.25) is 23.9 Å². The second-order valence-corrected chi connectivity index (χ2v) is 12.8. The van der Waals surface area contributed by atoms with E-state index in [1.54, 1.807) is 33.8 Å². The van der Waals surface area contributed by atoms with E-state index in [2.05, 4.69) is 26.3 Å². The van der Waals surface area contributed by atoms with Gasteiger partial charge in [0.05, 0.1) is 23.4 Å². The number of halogens is 1. The third-order valence-corrected chi connectivity index (χ3v) is 8.27. The van der Waals surface area contributed by atoms with E-state index in [0.717, 1.165) is 5.56 Å². The van der Waals surface area contributed by atoms with Crippen LogP contribution in [0.3, 0.4) is 0 Å². The SMILES string of the molecule is CC(C)C[C@H]1NC(=O)[C@H]([C@@H](C)O)NC(=O)c2ccc(c(Cl)c2)OCCCn2cc(nn2)CCN(C(=O)c2cccc(CN)c2)CCNC1=O. The molecule has 3 heterocycles. The maximum Gasteiger partial charge on any atom is 0.253 e. The van der Waals surface area contributed by atoms with Crippen LogP contribution in [0.25, 0.3) is 0 Å². The van der Waals surface area contributed by atoms with Gasteiger partial charge in [0.15, 0.2) is 0 Å². The lowest BCUT2D eigenvalue weighted by Crippen LogP contribution is -2.57. The number of aliphatic hydroxyl groups is 1. The Bertz CT molecular complexity index is 1610. The summed E-state index contributed by atoms with van der Waals surface area (Å²) in [6.45, 7) is 6.89. The fourth-order valence-corrected chi connectivity index (χ4v) is 5.58. The smallest absolute Gasteiger partial charge is 0.253 e. The summed E-state index contributed by atoms with van der Waals surface area (Å²) in [6.07, 6.45) is 1.84. The molecule has 0 saturated carbocycles. The highest BCUT2D eigenvalue weighted by molar-refractivity contribution is 6.32. The minimum absolute atomic E-state index is 0.0201. The Morgan fingerprint density at radius 1 is 1.08 bits per heavy atom. The summed E-state index contributed by atoms with van der Waals surface area (Å²) in [5.41, 5.74) is 7.94. The molecule has 0 radical (unpaired) electrons. The van der Waals surface area contributed by atoms with E-state index in [0.29, 0.717) is 56.0 Å². The molecule has 14 nitrogen and oxygen atoms in total. The monoisotopic (exact) mass is 696 g/mol. The highest BCUT2D eigenvalue weighted by Crippen LogP contribution is 2.26. The van der Waals surface area contributed by atoms with Crippen molar-refractivity contribution in [3.8, 4) is 5.75 Å². The molecule has 264 valence electrons. The number of ether oxygens (including phenoxy) is 1. The number of aryl methyl sites for hydroxylation is 1. The van der Waals surface area contributed by atoms with Gasteiger partial charge in [-0.05, 0) is 55.2 Å². The average molecular weight is 697 g/mol. The molecule has 1 aromatic heterocycles. The summed E-state index contributed by atoms with van der Waals surface area (Å²) >= 11 is 6.41. The minimum atomic E-state index is -1.36. The number of aromatic nitrogens is 3. The number of nitrogens with one attached hydrogen (secondary N) is 3. The predicted octanol–water partition coefficient (Wildman–Crippen LogP) is 1.68. The number of amides is 4. The molecule has 49 heavy (non-hydrogen) atoms. The van der Waals surface area contributed by atoms with Crippen LogP contribution in [0.2, 0.25) is 5.02 Å². The van der Waals surface area contributed by atoms with Crippen LogP contribution in [0.4, 0.5) is 0 Å². The number of nitrogens with zero attached hydrogens (tertiary/aromatic N) is 4. The molecule has 0 unspecified atom stereocenters. The molecule has 2 aliphatic heterocycles. The molecule has 0 spiro atoms.